The van der Waals surface area contributed by atoms with Crippen molar-refractivity contribution in [3.63, 3.8) is 0 Å². The molecule has 1 aromatic heterocycles. The van der Waals surface area contributed by atoms with Crippen LogP contribution in [-0.2, 0) is 47.4 Å². The summed E-state index contributed by atoms with van der Waals surface area (Å²) in [5.74, 6) is -1.85. The number of rotatable bonds is 16. The van der Waals surface area contributed by atoms with E-state index in [2.05, 4.69) is 15.6 Å². The fraction of sp³-hybridized carbons (Fsp3) is 0.213. The Kier molecular flexibility index (Phi) is 13.7. The second-order valence-corrected chi connectivity index (χ2v) is 14.2. The van der Waals surface area contributed by atoms with E-state index in [0.29, 0.717) is 11.1 Å². The van der Waals surface area contributed by atoms with Crippen LogP contribution in [0.5, 0.6) is 0 Å². The van der Waals surface area contributed by atoms with Gasteiger partial charge in [0.2, 0.25) is 5.91 Å². The maximum absolute atomic E-state index is 13.4. The molecule has 1 aliphatic heterocycles. The smallest absolute Gasteiger partial charge is 0.408 e. The summed E-state index contributed by atoms with van der Waals surface area (Å²) in [6.07, 6.45) is -5.73. The van der Waals surface area contributed by atoms with E-state index in [0.717, 1.165) is 21.3 Å². The van der Waals surface area contributed by atoms with Crippen molar-refractivity contribution < 1.29 is 43.5 Å². The van der Waals surface area contributed by atoms with Gasteiger partial charge in [-0.3, -0.25) is 9.36 Å². The van der Waals surface area contributed by atoms with Gasteiger partial charge in [0.25, 0.3) is 0 Å². The number of amides is 2. The SMILES string of the molecule is O=C(C[C@H](NC(=O)OCc1ccccc1)C(=O)OCc1ccccc1)Nc1ccn([C@@H]2O[C@H](COC(c3ccccc3)(c3ccccc3)c3ccccc3)[C@@H](O)[C@@H]2O)c(=O)n1. The lowest BCUT2D eigenvalue weighted by Gasteiger charge is -2.37. The summed E-state index contributed by atoms with van der Waals surface area (Å²) in [4.78, 5) is 56.4. The van der Waals surface area contributed by atoms with E-state index in [-0.39, 0.29) is 25.6 Å². The molecule has 61 heavy (non-hydrogen) atoms. The second kappa shape index (κ2) is 19.9. The van der Waals surface area contributed by atoms with Crippen LogP contribution >= 0.6 is 0 Å². The number of anilines is 1. The van der Waals surface area contributed by atoms with Crippen LogP contribution < -0.4 is 16.3 Å². The Morgan fingerprint density at radius 2 is 1.18 bits per heavy atom. The fourth-order valence-corrected chi connectivity index (χ4v) is 7.06. The summed E-state index contributed by atoms with van der Waals surface area (Å²) >= 11 is 0. The monoisotopic (exact) mass is 824 g/mol. The predicted octanol–water partition coefficient (Wildman–Crippen LogP) is 5.24. The van der Waals surface area contributed by atoms with E-state index < -0.39 is 66.3 Å². The third-order valence-corrected chi connectivity index (χ3v) is 10.1. The minimum Gasteiger partial charge on any atom is -0.459 e. The van der Waals surface area contributed by atoms with Gasteiger partial charge >= 0.3 is 17.8 Å². The van der Waals surface area contributed by atoms with E-state index in [4.69, 9.17) is 18.9 Å². The molecule has 0 saturated carbocycles. The summed E-state index contributed by atoms with van der Waals surface area (Å²) in [6.45, 7) is -0.375. The third-order valence-electron chi connectivity index (χ3n) is 10.1. The van der Waals surface area contributed by atoms with Crippen LogP contribution in [0.15, 0.2) is 169 Å². The number of aliphatic hydroxyl groups is 2. The summed E-state index contributed by atoms with van der Waals surface area (Å²) < 4.78 is 24.6. The first-order valence-corrected chi connectivity index (χ1v) is 19.6. The number of aromatic nitrogens is 2. The number of hydrogen-bond acceptors (Lipinski definition) is 11. The number of carbonyl (C=O) groups excluding carboxylic acids is 3. The van der Waals surface area contributed by atoms with Gasteiger partial charge in [-0.05, 0) is 33.9 Å². The van der Waals surface area contributed by atoms with Crippen LogP contribution in [0.25, 0.3) is 0 Å². The standard InChI is InChI=1S/C47H44N4O10/c52-40(28-37(44(55)58-29-32-16-6-1-7-17-32)48-46(57)59-30-33-18-8-2-9-19-33)49-39-26-27-51(45(56)50-39)43-42(54)41(53)38(61-43)31-60-47(34-20-10-3-11-21-34,35-22-12-4-13-23-35)36-24-14-5-15-25-36/h1-27,37-38,41-43,53-54H,28-31H2,(H,48,57)(H,49,50,52,56)/t37-,38+,41+,42-,43+/m0/s1. The van der Waals surface area contributed by atoms with Crippen molar-refractivity contribution >= 4 is 23.8 Å². The third kappa shape index (κ3) is 10.3. The molecule has 7 rings (SSSR count). The van der Waals surface area contributed by atoms with Crippen molar-refractivity contribution in [3.05, 3.63) is 202 Å². The minimum atomic E-state index is -1.55. The normalized spacial score (nSPS) is 17.8. The molecule has 312 valence electrons. The average Bonchev–Trinajstić information content (AvgIpc) is 3.58. The zero-order valence-corrected chi connectivity index (χ0v) is 32.9. The maximum Gasteiger partial charge on any atom is 0.408 e. The molecule has 0 spiro atoms. The molecule has 1 aliphatic rings. The van der Waals surface area contributed by atoms with Gasteiger partial charge in [0.1, 0.15) is 49.0 Å². The number of nitrogens with one attached hydrogen (secondary N) is 2. The molecule has 5 aromatic carbocycles. The molecule has 0 unspecified atom stereocenters. The van der Waals surface area contributed by atoms with Crippen LogP contribution in [0.4, 0.5) is 10.6 Å². The zero-order chi connectivity index (χ0) is 42.6. The van der Waals surface area contributed by atoms with E-state index in [1.54, 1.807) is 48.5 Å². The van der Waals surface area contributed by atoms with Crippen LogP contribution in [-0.4, -0.2) is 68.7 Å². The summed E-state index contributed by atoms with van der Waals surface area (Å²) in [5.41, 5.74) is 1.83. The second-order valence-electron chi connectivity index (χ2n) is 14.2. The molecule has 6 aromatic rings. The molecule has 2 amide bonds. The van der Waals surface area contributed by atoms with Gasteiger partial charge in [0, 0.05) is 6.20 Å². The largest absolute Gasteiger partial charge is 0.459 e. The van der Waals surface area contributed by atoms with Gasteiger partial charge in [-0.2, -0.15) is 4.98 Å². The van der Waals surface area contributed by atoms with Gasteiger partial charge in [0.05, 0.1) is 13.0 Å². The van der Waals surface area contributed by atoms with Gasteiger partial charge in [-0.1, -0.05) is 152 Å². The molecular weight excluding hydrogens is 781 g/mol. The number of alkyl carbamates (subject to hydrolysis) is 1. The molecule has 4 N–H and O–H groups in total. The van der Waals surface area contributed by atoms with Crippen LogP contribution in [0, 0.1) is 0 Å². The quantitative estimate of drug-likeness (QED) is 0.0739. The lowest BCUT2D eigenvalue weighted by Crippen LogP contribution is -2.44. The highest BCUT2D eigenvalue weighted by Crippen LogP contribution is 2.41. The highest BCUT2D eigenvalue weighted by molar-refractivity contribution is 5.94. The van der Waals surface area contributed by atoms with Crippen molar-refractivity contribution in [1.82, 2.24) is 14.9 Å². The van der Waals surface area contributed by atoms with Gasteiger partial charge in [-0.15, -0.1) is 0 Å². The Labute approximate surface area is 351 Å². The maximum atomic E-state index is 13.4. The van der Waals surface area contributed by atoms with Crippen LogP contribution in [0.1, 0.15) is 40.5 Å². The zero-order valence-electron chi connectivity index (χ0n) is 32.9. The summed E-state index contributed by atoms with van der Waals surface area (Å²) in [6, 6.07) is 46.5. The molecule has 0 bridgehead atoms. The first-order valence-electron chi connectivity index (χ1n) is 19.6. The molecule has 5 atom stereocenters. The number of benzene rings is 5. The van der Waals surface area contributed by atoms with Gasteiger partial charge < -0.3 is 39.8 Å². The van der Waals surface area contributed by atoms with Crippen molar-refractivity contribution in [2.75, 3.05) is 11.9 Å². The Hall–Kier alpha value is -6.97. The molecular formula is C47H44N4O10. The number of nitrogens with zero attached hydrogens (tertiary/aromatic N) is 2. The van der Waals surface area contributed by atoms with E-state index in [9.17, 15) is 29.4 Å². The minimum absolute atomic E-state index is 0.0785. The molecule has 14 nitrogen and oxygen atoms in total. The number of hydrogen-bond donors (Lipinski definition) is 4. The molecule has 0 radical (unpaired) electrons. The number of ether oxygens (including phenoxy) is 4. The fourth-order valence-electron chi connectivity index (χ4n) is 7.06. The Bertz CT molecular complexity index is 2330. The van der Waals surface area contributed by atoms with Gasteiger partial charge in [-0.25, -0.2) is 14.4 Å². The van der Waals surface area contributed by atoms with Crippen molar-refractivity contribution in [3.8, 4) is 0 Å². The highest BCUT2D eigenvalue weighted by atomic mass is 16.6. The summed E-state index contributed by atoms with van der Waals surface area (Å²) in [5, 5.41) is 27.3. The van der Waals surface area contributed by atoms with Crippen molar-refractivity contribution in [2.24, 2.45) is 0 Å². The van der Waals surface area contributed by atoms with Crippen LogP contribution in [0.2, 0.25) is 0 Å². The Balaban J connectivity index is 1.03. The number of aliphatic hydroxyl groups excluding tert-OH is 2. The highest BCUT2D eigenvalue weighted by Gasteiger charge is 2.46. The molecule has 1 fully saturated rings. The molecule has 2 heterocycles. The topological polar surface area (TPSA) is 188 Å². The van der Waals surface area contributed by atoms with E-state index >= 15 is 0 Å². The van der Waals surface area contributed by atoms with Gasteiger partial charge in [0.15, 0.2) is 6.23 Å². The Morgan fingerprint density at radius 3 is 1.69 bits per heavy atom. The number of carbonyl (C=O) groups is 3. The number of esters is 1. The first-order chi connectivity index (χ1) is 29.7. The lowest BCUT2D eigenvalue weighted by atomic mass is 9.80. The molecule has 1 saturated heterocycles. The predicted molar refractivity (Wildman–Crippen MR) is 223 cm³/mol. The van der Waals surface area contributed by atoms with Crippen molar-refractivity contribution in [1.29, 1.82) is 0 Å². The lowest BCUT2D eigenvalue weighted by molar-refractivity contribution is -0.148. The summed E-state index contributed by atoms with van der Waals surface area (Å²) in [7, 11) is 0. The Morgan fingerprint density at radius 1 is 0.689 bits per heavy atom. The van der Waals surface area contributed by atoms with Crippen molar-refractivity contribution in [2.45, 2.75) is 55.8 Å². The average molecular weight is 825 g/mol. The molecule has 0 aliphatic carbocycles. The first kappa shape index (κ1) is 42.2. The van der Waals surface area contributed by atoms with E-state index in [1.807, 2.05) is 103 Å². The van der Waals surface area contributed by atoms with Crippen LogP contribution in [0.3, 0.4) is 0 Å². The van der Waals surface area contributed by atoms with E-state index in [1.165, 1.54) is 12.3 Å². The molecule has 14 heteroatoms.